The number of hydrogen-bond donors (Lipinski definition) is 1. The number of carbonyl (C=O) groups is 2. The van der Waals surface area contributed by atoms with Crippen molar-refractivity contribution in [2.24, 2.45) is 5.41 Å². The molecule has 0 aromatic heterocycles. The molecular formula is C18H23ClN2O3. The predicted molar refractivity (Wildman–Crippen MR) is 91.8 cm³/mol. The van der Waals surface area contributed by atoms with Crippen molar-refractivity contribution in [3.8, 4) is 0 Å². The Morgan fingerprint density at radius 2 is 1.83 bits per heavy atom. The van der Waals surface area contributed by atoms with Crippen LogP contribution < -0.4 is 5.32 Å². The maximum atomic E-state index is 12.3. The third-order valence-corrected chi connectivity index (χ3v) is 5.04. The van der Waals surface area contributed by atoms with E-state index in [0.717, 1.165) is 5.56 Å². The number of carbonyl (C=O) groups excluding carboxylic acids is 2. The molecule has 2 fully saturated rings. The van der Waals surface area contributed by atoms with Gasteiger partial charge in [0.25, 0.3) is 0 Å². The summed E-state index contributed by atoms with van der Waals surface area (Å²) >= 11 is 5.94. The Morgan fingerprint density at radius 1 is 1.25 bits per heavy atom. The molecule has 1 N–H and O–H groups in total. The molecule has 2 heterocycles. The Balaban J connectivity index is 1.68. The lowest BCUT2D eigenvalue weighted by molar-refractivity contribution is -0.151. The molecule has 1 spiro atoms. The number of nitrogens with one attached hydrogen (secondary N) is 1. The van der Waals surface area contributed by atoms with Crippen LogP contribution in [0.5, 0.6) is 0 Å². The maximum absolute atomic E-state index is 12.3. The second-order valence-electron chi connectivity index (χ2n) is 7.58. The standard InChI is InChI=1S/C18H23ClN2O3/c1-17(2,3)24-16(23)21-10-8-18(9-11-21)14(20-15(18)22)12-4-6-13(19)7-5-12/h4-7,14H,8-11H2,1-3H3,(H,20,22). The molecule has 3 rings (SSSR count). The molecule has 6 heteroatoms. The number of halogens is 1. The first-order valence-electron chi connectivity index (χ1n) is 8.26. The number of β-lactam (4-membered cyclic amide) rings is 1. The number of hydrogen-bond acceptors (Lipinski definition) is 3. The molecule has 1 aromatic carbocycles. The average Bonchev–Trinajstić information content (AvgIpc) is 2.52. The number of nitrogens with zero attached hydrogens (tertiary/aromatic N) is 1. The Kier molecular flexibility index (Phi) is 4.24. The van der Waals surface area contributed by atoms with Crippen LogP contribution in [0.3, 0.4) is 0 Å². The SMILES string of the molecule is CC(C)(C)OC(=O)N1CCC2(CC1)C(=O)NC2c1ccc(Cl)cc1. The lowest BCUT2D eigenvalue weighted by atomic mass is 9.64. The molecule has 1 unspecified atom stereocenters. The van der Waals surface area contributed by atoms with E-state index in [1.54, 1.807) is 4.90 Å². The highest BCUT2D eigenvalue weighted by molar-refractivity contribution is 6.30. The zero-order valence-electron chi connectivity index (χ0n) is 14.3. The summed E-state index contributed by atoms with van der Waals surface area (Å²) < 4.78 is 5.42. The van der Waals surface area contributed by atoms with Gasteiger partial charge in [0.15, 0.2) is 0 Å². The van der Waals surface area contributed by atoms with Crippen molar-refractivity contribution < 1.29 is 14.3 Å². The normalized spacial score (nSPS) is 22.8. The zero-order valence-corrected chi connectivity index (χ0v) is 15.0. The number of piperidine rings is 1. The van der Waals surface area contributed by atoms with Gasteiger partial charge in [-0.25, -0.2) is 4.79 Å². The van der Waals surface area contributed by atoms with Crippen LogP contribution in [0.15, 0.2) is 24.3 Å². The summed E-state index contributed by atoms with van der Waals surface area (Å²) in [6.07, 6.45) is 0.983. The quantitative estimate of drug-likeness (QED) is 0.788. The highest BCUT2D eigenvalue weighted by Crippen LogP contribution is 2.49. The molecule has 5 nitrogen and oxygen atoms in total. The van der Waals surface area contributed by atoms with Crippen LogP contribution in [0.4, 0.5) is 4.79 Å². The van der Waals surface area contributed by atoms with E-state index in [-0.39, 0.29) is 18.0 Å². The summed E-state index contributed by atoms with van der Waals surface area (Å²) in [5.74, 6) is 0.0753. The van der Waals surface area contributed by atoms with Gasteiger partial charge in [-0.15, -0.1) is 0 Å². The molecule has 2 aliphatic heterocycles. The minimum Gasteiger partial charge on any atom is -0.444 e. The van der Waals surface area contributed by atoms with Crippen LogP contribution in [0.2, 0.25) is 5.02 Å². The minimum absolute atomic E-state index is 0.0111. The van der Waals surface area contributed by atoms with E-state index >= 15 is 0 Å². The third-order valence-electron chi connectivity index (χ3n) is 4.79. The summed E-state index contributed by atoms with van der Waals surface area (Å²) in [5.41, 5.74) is 0.128. The number of ether oxygens (including phenoxy) is 1. The van der Waals surface area contributed by atoms with E-state index in [0.29, 0.717) is 31.0 Å². The first-order valence-corrected chi connectivity index (χ1v) is 8.63. The number of benzene rings is 1. The minimum atomic E-state index is -0.508. The van der Waals surface area contributed by atoms with Crippen LogP contribution >= 0.6 is 11.6 Å². The summed E-state index contributed by atoms with van der Waals surface area (Å²) in [4.78, 5) is 26.2. The molecule has 2 amide bonds. The van der Waals surface area contributed by atoms with E-state index < -0.39 is 11.0 Å². The Hall–Kier alpha value is -1.75. The van der Waals surface area contributed by atoms with E-state index in [9.17, 15) is 9.59 Å². The fourth-order valence-electron chi connectivity index (χ4n) is 3.45. The van der Waals surface area contributed by atoms with Gasteiger partial charge in [-0.3, -0.25) is 4.79 Å². The van der Waals surface area contributed by atoms with Gasteiger partial charge in [0.05, 0.1) is 11.5 Å². The third kappa shape index (κ3) is 3.09. The van der Waals surface area contributed by atoms with Gasteiger partial charge in [-0.1, -0.05) is 23.7 Å². The van der Waals surface area contributed by atoms with Gasteiger partial charge in [0, 0.05) is 18.1 Å². The fraction of sp³-hybridized carbons (Fsp3) is 0.556. The van der Waals surface area contributed by atoms with Gasteiger partial charge in [0.1, 0.15) is 5.60 Å². The molecular weight excluding hydrogens is 328 g/mol. The highest BCUT2D eigenvalue weighted by Gasteiger charge is 2.56. The largest absolute Gasteiger partial charge is 0.444 e. The van der Waals surface area contributed by atoms with E-state index in [2.05, 4.69) is 5.32 Å². The van der Waals surface area contributed by atoms with Crippen molar-refractivity contribution in [3.63, 3.8) is 0 Å². The van der Waals surface area contributed by atoms with Crippen LogP contribution in [-0.2, 0) is 9.53 Å². The zero-order chi connectivity index (χ0) is 17.5. The van der Waals surface area contributed by atoms with Crippen molar-refractivity contribution in [3.05, 3.63) is 34.9 Å². The van der Waals surface area contributed by atoms with E-state index in [4.69, 9.17) is 16.3 Å². The van der Waals surface area contributed by atoms with E-state index in [1.807, 2.05) is 45.0 Å². The molecule has 2 saturated heterocycles. The van der Waals surface area contributed by atoms with Gasteiger partial charge in [-0.2, -0.15) is 0 Å². The Labute approximate surface area is 147 Å². The summed E-state index contributed by atoms with van der Waals surface area (Å²) in [6.45, 7) is 6.63. The highest BCUT2D eigenvalue weighted by atomic mass is 35.5. The molecule has 0 radical (unpaired) electrons. The molecule has 2 aliphatic rings. The summed E-state index contributed by atoms with van der Waals surface area (Å²) in [5, 5.41) is 3.68. The van der Waals surface area contributed by atoms with Crippen LogP contribution in [0.25, 0.3) is 0 Å². The van der Waals surface area contributed by atoms with Crippen molar-refractivity contribution in [1.29, 1.82) is 0 Å². The summed E-state index contributed by atoms with van der Waals surface area (Å²) in [6, 6.07) is 7.57. The van der Waals surface area contributed by atoms with Crippen molar-refractivity contribution in [2.45, 2.75) is 45.3 Å². The second-order valence-corrected chi connectivity index (χ2v) is 8.02. The molecule has 130 valence electrons. The van der Waals surface area contributed by atoms with Gasteiger partial charge in [-0.05, 0) is 51.3 Å². The molecule has 1 aromatic rings. The van der Waals surface area contributed by atoms with Crippen LogP contribution in [0.1, 0.15) is 45.2 Å². The molecule has 0 saturated carbocycles. The summed E-state index contributed by atoms with van der Waals surface area (Å²) in [7, 11) is 0. The molecule has 1 atom stereocenters. The number of likely N-dealkylation sites (tertiary alicyclic amines) is 1. The molecule has 0 bridgehead atoms. The van der Waals surface area contributed by atoms with Crippen LogP contribution in [-0.4, -0.2) is 35.6 Å². The number of amides is 2. The van der Waals surface area contributed by atoms with Gasteiger partial charge < -0.3 is 15.0 Å². The second kappa shape index (κ2) is 5.96. The lowest BCUT2D eigenvalue weighted by Gasteiger charge is -2.52. The fourth-order valence-corrected chi connectivity index (χ4v) is 3.58. The van der Waals surface area contributed by atoms with Crippen molar-refractivity contribution in [2.75, 3.05) is 13.1 Å². The first-order chi connectivity index (χ1) is 11.2. The van der Waals surface area contributed by atoms with E-state index in [1.165, 1.54) is 0 Å². The first kappa shape index (κ1) is 17.1. The Bertz CT molecular complexity index is 643. The average molecular weight is 351 g/mol. The smallest absolute Gasteiger partial charge is 0.410 e. The van der Waals surface area contributed by atoms with Gasteiger partial charge >= 0.3 is 6.09 Å². The molecule has 0 aliphatic carbocycles. The maximum Gasteiger partial charge on any atom is 0.410 e. The van der Waals surface area contributed by atoms with Crippen molar-refractivity contribution in [1.82, 2.24) is 10.2 Å². The number of rotatable bonds is 1. The lowest BCUT2D eigenvalue weighted by Crippen LogP contribution is -2.65. The van der Waals surface area contributed by atoms with Crippen molar-refractivity contribution >= 4 is 23.6 Å². The van der Waals surface area contributed by atoms with Crippen LogP contribution in [0, 0.1) is 5.41 Å². The molecule has 24 heavy (non-hydrogen) atoms. The van der Waals surface area contributed by atoms with Gasteiger partial charge in [0.2, 0.25) is 5.91 Å². The monoisotopic (exact) mass is 350 g/mol. The Morgan fingerprint density at radius 3 is 2.33 bits per heavy atom. The topological polar surface area (TPSA) is 58.6 Å². The predicted octanol–water partition coefficient (Wildman–Crippen LogP) is 3.53.